The highest BCUT2D eigenvalue weighted by Crippen LogP contribution is 2.28. The van der Waals surface area contributed by atoms with Crippen LogP contribution in [0.2, 0.25) is 0 Å². The van der Waals surface area contributed by atoms with Gasteiger partial charge in [-0.2, -0.15) is 5.26 Å². The molecule has 4 rings (SSSR count). The summed E-state index contributed by atoms with van der Waals surface area (Å²) in [6, 6.07) is 11.1. The first-order valence-electron chi connectivity index (χ1n) is 10.2. The van der Waals surface area contributed by atoms with Crippen molar-refractivity contribution in [2.45, 2.75) is 31.6 Å². The first kappa shape index (κ1) is 21.0. The molecule has 1 saturated heterocycles. The Bertz CT molecular complexity index is 1040. The minimum Gasteiger partial charge on any atom is -0.457 e. The van der Waals surface area contributed by atoms with Gasteiger partial charge in [0, 0.05) is 25.1 Å². The third kappa shape index (κ3) is 4.74. The number of amides is 1. The standard InChI is InChI=1S/C23H22FN3O4/c24-20-10-15(14-4-5-19-17(8-14)13-31-23(19)29)2-3-16(20)9-18(11-25)27-22(28)21-12-26-6-1-7-30-21/h2-5,8,10,18,21,26H,1,6-7,9,12-13H2,(H,27,28)/t18-,21-/m0/s1. The Labute approximate surface area is 179 Å². The molecule has 2 N–H and O–H groups in total. The van der Waals surface area contributed by atoms with E-state index in [0.29, 0.717) is 29.8 Å². The van der Waals surface area contributed by atoms with Gasteiger partial charge in [0.05, 0.1) is 11.6 Å². The van der Waals surface area contributed by atoms with E-state index in [2.05, 4.69) is 10.6 Å². The summed E-state index contributed by atoms with van der Waals surface area (Å²) in [4.78, 5) is 24.0. The molecule has 31 heavy (non-hydrogen) atoms. The minimum atomic E-state index is -0.872. The fraction of sp³-hybridized carbons (Fsp3) is 0.348. The summed E-state index contributed by atoms with van der Waals surface area (Å²) >= 11 is 0. The Kier molecular flexibility index (Phi) is 6.26. The van der Waals surface area contributed by atoms with E-state index in [9.17, 15) is 19.2 Å². The third-order valence-corrected chi connectivity index (χ3v) is 5.41. The van der Waals surface area contributed by atoms with Crippen molar-refractivity contribution in [2.24, 2.45) is 0 Å². The SMILES string of the molecule is N#C[C@H](Cc1ccc(-c2ccc3c(c2)COC3=O)cc1F)NC(=O)[C@@H]1CNCCCO1. The van der Waals surface area contributed by atoms with Crippen LogP contribution in [-0.4, -0.2) is 43.7 Å². The highest BCUT2D eigenvalue weighted by atomic mass is 19.1. The summed E-state index contributed by atoms with van der Waals surface area (Å²) in [5, 5.41) is 15.2. The molecular formula is C23H22FN3O4. The zero-order chi connectivity index (χ0) is 21.8. The molecular weight excluding hydrogens is 401 g/mol. The molecule has 2 heterocycles. The van der Waals surface area contributed by atoms with Crippen LogP contribution < -0.4 is 10.6 Å². The van der Waals surface area contributed by atoms with Crippen molar-refractivity contribution in [3.8, 4) is 17.2 Å². The Hall–Kier alpha value is -3.28. The quantitative estimate of drug-likeness (QED) is 0.715. The van der Waals surface area contributed by atoms with E-state index >= 15 is 0 Å². The topological polar surface area (TPSA) is 100 Å². The Morgan fingerprint density at radius 2 is 2.10 bits per heavy atom. The minimum absolute atomic E-state index is 0.0427. The van der Waals surface area contributed by atoms with Gasteiger partial charge in [-0.1, -0.05) is 18.2 Å². The van der Waals surface area contributed by atoms with Crippen LogP contribution in [0.15, 0.2) is 36.4 Å². The average molecular weight is 423 g/mol. The first-order valence-corrected chi connectivity index (χ1v) is 10.2. The number of hydrogen-bond acceptors (Lipinski definition) is 6. The normalized spacial score (nSPS) is 19.0. The summed E-state index contributed by atoms with van der Waals surface area (Å²) in [5.74, 6) is -1.20. The fourth-order valence-corrected chi connectivity index (χ4v) is 3.70. The lowest BCUT2D eigenvalue weighted by Crippen LogP contribution is -2.46. The van der Waals surface area contributed by atoms with Gasteiger partial charge in [-0.05, 0) is 47.9 Å². The van der Waals surface area contributed by atoms with E-state index in [1.54, 1.807) is 24.3 Å². The van der Waals surface area contributed by atoms with Crippen LogP contribution >= 0.6 is 0 Å². The average Bonchev–Trinajstić information content (AvgIpc) is 2.97. The molecule has 0 radical (unpaired) electrons. The molecule has 0 spiro atoms. The Balaban J connectivity index is 1.44. The number of ether oxygens (including phenoxy) is 2. The molecule has 2 aliphatic rings. The number of rotatable bonds is 5. The van der Waals surface area contributed by atoms with Crippen LogP contribution in [0.3, 0.4) is 0 Å². The van der Waals surface area contributed by atoms with E-state index in [1.807, 2.05) is 12.1 Å². The summed E-state index contributed by atoms with van der Waals surface area (Å²) in [7, 11) is 0. The van der Waals surface area contributed by atoms with Gasteiger partial charge in [0.25, 0.3) is 5.91 Å². The van der Waals surface area contributed by atoms with Gasteiger partial charge >= 0.3 is 5.97 Å². The molecule has 0 saturated carbocycles. The molecule has 1 amide bonds. The highest BCUT2D eigenvalue weighted by molar-refractivity contribution is 5.94. The van der Waals surface area contributed by atoms with Gasteiger partial charge in [-0.25, -0.2) is 9.18 Å². The second-order valence-corrected chi connectivity index (χ2v) is 7.57. The number of carbonyl (C=O) groups excluding carboxylic acids is 2. The molecule has 2 aromatic rings. The van der Waals surface area contributed by atoms with Gasteiger partial charge in [-0.3, -0.25) is 4.79 Å². The van der Waals surface area contributed by atoms with Gasteiger partial charge < -0.3 is 20.1 Å². The molecule has 8 heteroatoms. The lowest BCUT2D eigenvalue weighted by atomic mass is 9.97. The molecule has 160 valence electrons. The van der Waals surface area contributed by atoms with Gasteiger partial charge in [0.1, 0.15) is 24.6 Å². The zero-order valence-corrected chi connectivity index (χ0v) is 16.8. The maximum absolute atomic E-state index is 14.8. The van der Waals surface area contributed by atoms with E-state index in [4.69, 9.17) is 9.47 Å². The summed E-state index contributed by atoms with van der Waals surface area (Å²) in [6.45, 7) is 1.84. The third-order valence-electron chi connectivity index (χ3n) is 5.41. The summed E-state index contributed by atoms with van der Waals surface area (Å²) in [5.41, 5.74) is 3.05. The number of nitrogens with one attached hydrogen (secondary N) is 2. The molecule has 2 aliphatic heterocycles. The monoisotopic (exact) mass is 423 g/mol. The molecule has 0 aromatic heterocycles. The summed E-state index contributed by atoms with van der Waals surface area (Å²) < 4.78 is 25.3. The molecule has 2 aromatic carbocycles. The van der Waals surface area contributed by atoms with Crippen LogP contribution in [0.1, 0.15) is 27.9 Å². The van der Waals surface area contributed by atoms with Gasteiger partial charge in [-0.15, -0.1) is 0 Å². The van der Waals surface area contributed by atoms with Crippen LogP contribution in [0.5, 0.6) is 0 Å². The molecule has 0 unspecified atom stereocenters. The van der Waals surface area contributed by atoms with Crippen molar-refractivity contribution >= 4 is 11.9 Å². The molecule has 0 aliphatic carbocycles. The molecule has 0 bridgehead atoms. The largest absolute Gasteiger partial charge is 0.457 e. The Morgan fingerprint density at radius 3 is 2.90 bits per heavy atom. The number of nitriles is 1. The number of fused-ring (bicyclic) bond motifs is 1. The Morgan fingerprint density at radius 1 is 1.29 bits per heavy atom. The number of hydrogen-bond donors (Lipinski definition) is 2. The summed E-state index contributed by atoms with van der Waals surface area (Å²) in [6.07, 6.45) is 0.193. The predicted molar refractivity (Wildman–Crippen MR) is 109 cm³/mol. The van der Waals surface area contributed by atoms with E-state index in [-0.39, 0.29) is 24.9 Å². The van der Waals surface area contributed by atoms with Crippen molar-refractivity contribution in [1.29, 1.82) is 5.26 Å². The molecule has 2 atom stereocenters. The van der Waals surface area contributed by atoms with Crippen molar-refractivity contribution in [1.82, 2.24) is 10.6 Å². The van der Waals surface area contributed by atoms with Crippen LogP contribution in [0.25, 0.3) is 11.1 Å². The van der Waals surface area contributed by atoms with E-state index in [0.717, 1.165) is 24.1 Å². The first-order chi connectivity index (χ1) is 15.0. The van der Waals surface area contributed by atoms with E-state index in [1.165, 1.54) is 6.07 Å². The number of benzene rings is 2. The number of esters is 1. The lowest BCUT2D eigenvalue weighted by Gasteiger charge is -2.18. The maximum atomic E-state index is 14.8. The zero-order valence-electron chi connectivity index (χ0n) is 16.8. The number of carbonyl (C=O) groups is 2. The van der Waals surface area contributed by atoms with Crippen molar-refractivity contribution in [3.63, 3.8) is 0 Å². The predicted octanol–water partition coefficient (Wildman–Crippen LogP) is 2.09. The number of cyclic esters (lactones) is 1. The van der Waals surface area contributed by atoms with Crippen molar-refractivity contribution in [2.75, 3.05) is 19.7 Å². The fourth-order valence-electron chi connectivity index (χ4n) is 3.70. The van der Waals surface area contributed by atoms with Gasteiger partial charge in [0.15, 0.2) is 0 Å². The molecule has 1 fully saturated rings. The van der Waals surface area contributed by atoms with Crippen molar-refractivity contribution in [3.05, 3.63) is 58.9 Å². The van der Waals surface area contributed by atoms with Crippen LogP contribution in [-0.2, 0) is 27.3 Å². The van der Waals surface area contributed by atoms with Crippen LogP contribution in [0, 0.1) is 17.1 Å². The molecule has 7 nitrogen and oxygen atoms in total. The second-order valence-electron chi connectivity index (χ2n) is 7.57. The van der Waals surface area contributed by atoms with Crippen molar-refractivity contribution < 1.29 is 23.5 Å². The number of nitrogens with zero attached hydrogens (tertiary/aromatic N) is 1. The van der Waals surface area contributed by atoms with Crippen LogP contribution in [0.4, 0.5) is 4.39 Å². The smallest absolute Gasteiger partial charge is 0.338 e. The second kappa shape index (κ2) is 9.25. The maximum Gasteiger partial charge on any atom is 0.338 e. The van der Waals surface area contributed by atoms with Gasteiger partial charge in [0.2, 0.25) is 0 Å². The number of halogens is 1. The highest BCUT2D eigenvalue weighted by Gasteiger charge is 2.24. The van der Waals surface area contributed by atoms with E-state index < -0.39 is 18.0 Å². The lowest BCUT2D eigenvalue weighted by molar-refractivity contribution is -0.132.